The molecule has 2 saturated heterocycles. The number of anilines is 1. The summed E-state index contributed by atoms with van der Waals surface area (Å²) in [4.78, 5) is 148. The molecule has 3 aliphatic rings. The lowest BCUT2D eigenvalue weighted by Crippen LogP contribution is -2.59. The molecule has 1 aliphatic carbocycles. The van der Waals surface area contributed by atoms with Gasteiger partial charge in [-0.25, -0.2) is 4.79 Å². The quantitative estimate of drug-likeness (QED) is 0.0132. The maximum atomic E-state index is 14.6. The molecule has 0 radical (unpaired) electrons. The van der Waals surface area contributed by atoms with Gasteiger partial charge in [-0.15, -0.1) is 0 Å². The molecule has 12 atom stereocenters. The van der Waals surface area contributed by atoms with E-state index in [1.54, 1.807) is 66.8 Å². The number of benzene rings is 1. The summed E-state index contributed by atoms with van der Waals surface area (Å²) in [7, 11) is 8.40. The van der Waals surface area contributed by atoms with Gasteiger partial charge in [0.25, 0.3) is 0 Å². The minimum absolute atomic E-state index is 0.00637. The summed E-state index contributed by atoms with van der Waals surface area (Å²) in [5.74, 6) is -4.35. The summed E-state index contributed by atoms with van der Waals surface area (Å²) in [6.07, 6.45) is 14.4. The zero-order valence-corrected chi connectivity index (χ0v) is 65.2. The van der Waals surface area contributed by atoms with Crippen LogP contribution in [0.3, 0.4) is 0 Å². The Bertz CT molecular complexity index is 2900. The molecule has 2 heterocycles. The van der Waals surface area contributed by atoms with Gasteiger partial charge in [-0.1, -0.05) is 144 Å². The van der Waals surface area contributed by atoms with Crippen LogP contribution in [-0.4, -0.2) is 207 Å². The molecule has 27 heteroatoms. The van der Waals surface area contributed by atoms with Gasteiger partial charge in [-0.05, 0) is 138 Å². The second kappa shape index (κ2) is 44.7. The first-order valence-corrected chi connectivity index (χ1v) is 38.4. The number of nitrogens with zero attached hydrogens (tertiary/aromatic N) is 7. The van der Waals surface area contributed by atoms with E-state index in [0.29, 0.717) is 68.9 Å². The highest BCUT2D eigenvalue weighted by molar-refractivity contribution is 5.99. The first-order valence-electron chi connectivity index (χ1n) is 38.4. The number of piperidine rings is 1. The molecule has 3 fully saturated rings. The lowest BCUT2D eigenvalue weighted by molar-refractivity contribution is -0.148. The van der Waals surface area contributed by atoms with E-state index in [1.807, 2.05) is 60.5 Å². The number of primary amides is 1. The van der Waals surface area contributed by atoms with Gasteiger partial charge in [0.2, 0.25) is 53.2 Å². The molecule has 9 N–H and O–H groups in total. The zero-order valence-electron chi connectivity index (χ0n) is 65.2. The van der Waals surface area contributed by atoms with E-state index in [-0.39, 0.29) is 110 Å². The number of carbonyl (C=O) groups excluding carboxylic acids is 10. The average Bonchev–Trinajstić information content (AvgIpc) is 1.80. The van der Waals surface area contributed by atoms with Crippen molar-refractivity contribution in [2.24, 2.45) is 52.3 Å². The maximum absolute atomic E-state index is 14.6. The molecular formula is C76H131N15O12. The summed E-state index contributed by atoms with van der Waals surface area (Å²) in [5, 5.41) is 24.4. The van der Waals surface area contributed by atoms with Crippen LogP contribution < -0.4 is 43.0 Å². The number of azide groups is 1. The monoisotopic (exact) mass is 1450 g/mol. The molecule has 1 aromatic rings. The number of hydrogen-bond donors (Lipinski definition) is 8. The van der Waals surface area contributed by atoms with E-state index in [0.717, 1.165) is 32.1 Å². The van der Waals surface area contributed by atoms with Crippen LogP contribution in [0.1, 0.15) is 217 Å². The van der Waals surface area contributed by atoms with E-state index in [1.165, 1.54) is 52.7 Å². The number of urea groups is 1. The number of methoxy groups -OCH3 is 2. The van der Waals surface area contributed by atoms with Crippen molar-refractivity contribution in [2.45, 2.75) is 277 Å². The van der Waals surface area contributed by atoms with Gasteiger partial charge < -0.3 is 67.1 Å². The third-order valence-corrected chi connectivity index (χ3v) is 21.7. The highest BCUT2D eigenvalue weighted by atomic mass is 16.5. The van der Waals surface area contributed by atoms with Crippen LogP contribution in [0.5, 0.6) is 0 Å². The van der Waals surface area contributed by atoms with Gasteiger partial charge in [-0.2, -0.15) is 0 Å². The normalized spacial score (nSPS) is 19.1. The summed E-state index contributed by atoms with van der Waals surface area (Å²) < 4.78 is 12.2. The number of likely N-dealkylation sites (N-methyl/N-ethyl adjacent to an activating group) is 2. The first-order chi connectivity index (χ1) is 48.9. The Morgan fingerprint density at radius 2 is 1.34 bits per heavy atom. The van der Waals surface area contributed by atoms with Crippen molar-refractivity contribution >= 4 is 64.9 Å². The van der Waals surface area contributed by atoms with Crippen molar-refractivity contribution in [3.8, 4) is 0 Å². The van der Waals surface area contributed by atoms with Crippen LogP contribution in [0, 0.1) is 41.4 Å². The van der Waals surface area contributed by atoms with Crippen LogP contribution in [0.15, 0.2) is 29.4 Å². The minimum Gasteiger partial charge on any atom is -0.379 e. The lowest BCUT2D eigenvalue weighted by Gasteiger charge is -2.41. The molecule has 27 nitrogen and oxygen atoms in total. The Labute approximate surface area is 614 Å². The first kappa shape index (κ1) is 88.3. The minimum atomic E-state index is -1.14. The maximum Gasteiger partial charge on any atom is 0.312 e. The highest BCUT2D eigenvalue weighted by Crippen LogP contribution is 2.36. The Kier molecular flexibility index (Phi) is 38.3. The Morgan fingerprint density at radius 3 is 1.89 bits per heavy atom. The molecule has 4 rings (SSSR count). The predicted molar refractivity (Wildman–Crippen MR) is 400 cm³/mol. The van der Waals surface area contributed by atoms with Gasteiger partial charge in [0, 0.05) is 94.9 Å². The number of nitrogens with two attached hydrogens (primary N) is 1. The SMILES string of the molecule is CCCCC(C)(NC(=O)C1CCN(C(=O)CCC(=O)N[C@H](C(=O)N[C@@H](CCCNC(N)=O)C(=O)Nc2ccc(C[C@@H](CN=[N+]=[N-])NC(=O)[C@H](C)[C@@H](OC)[C@@H]3CCCN3C(=O)C[C@@H](OC)C([C@@H](C)CC)N(C)C(=O)[C@@H](NC(=O)[C@H](C(C)C)N(C)C)C(C)C)cc2)C(C)C)CC1)C1CCCCCCCC1. The Hall–Kier alpha value is -7.09. The molecule has 0 spiro atoms. The number of rotatable bonds is 41. The second-order valence-corrected chi connectivity index (χ2v) is 30.8. The van der Waals surface area contributed by atoms with E-state index < -0.39 is 96.0 Å². The summed E-state index contributed by atoms with van der Waals surface area (Å²) in [6.45, 7) is 22.6. The Balaban J connectivity index is 1.38. The standard InChI is InChI=1S/C76H131N15O12/c1-17-19-40-76(11,55-28-24-22-20-21-23-25-29-55)86-70(96)54-38-43-90(44-39-54)62(93)37-36-61(92)84-64(48(3)4)72(98)83-58(30-26-41-79-75(77)101)71(97)81-56-34-32-53(33-35-56)45-57(47-80-87-78)82-69(95)52(10)68(103-16)59-31-27-42-91(59)63(94)46-60(102-15)67(51(9)18-2)89(14)74(100)65(49(5)6)85-73(99)66(50(7)8)88(12)13/h32-35,48-52,54-55,57-60,64-68H,17-31,36-47H2,1-16H3,(H,81,97)(H,82,95)(H,83,98)(H,84,92)(H,85,99)(H,86,96)(H3,77,79,101)/t51-,52+,57-,58-,59-,60+,64-,65-,66-,67?,68+,76?/m0/s1. The average molecular weight is 1450 g/mol. The smallest absolute Gasteiger partial charge is 0.312 e. The molecule has 2 unspecified atom stereocenters. The van der Waals surface area contributed by atoms with Crippen molar-refractivity contribution in [1.82, 2.24) is 51.5 Å². The van der Waals surface area contributed by atoms with Crippen molar-refractivity contribution in [3.05, 3.63) is 40.3 Å². The van der Waals surface area contributed by atoms with E-state index >= 15 is 0 Å². The predicted octanol–water partition coefficient (Wildman–Crippen LogP) is 8.52. The van der Waals surface area contributed by atoms with Crippen molar-refractivity contribution in [3.63, 3.8) is 0 Å². The van der Waals surface area contributed by atoms with Crippen LogP contribution in [0.2, 0.25) is 0 Å². The molecule has 0 aromatic heterocycles. The number of ether oxygens (including phenoxy) is 2. The van der Waals surface area contributed by atoms with Crippen LogP contribution in [0.4, 0.5) is 10.5 Å². The van der Waals surface area contributed by atoms with Gasteiger partial charge >= 0.3 is 6.03 Å². The van der Waals surface area contributed by atoms with Crippen LogP contribution >= 0.6 is 0 Å². The summed E-state index contributed by atoms with van der Waals surface area (Å²) >= 11 is 0. The van der Waals surface area contributed by atoms with Gasteiger partial charge in [0.05, 0.1) is 42.7 Å². The highest BCUT2D eigenvalue weighted by Gasteiger charge is 2.44. The van der Waals surface area contributed by atoms with Gasteiger partial charge in [-0.3, -0.25) is 48.1 Å². The molecule has 2 aliphatic heterocycles. The number of unbranched alkanes of at least 4 members (excludes halogenated alkanes) is 1. The fourth-order valence-electron chi connectivity index (χ4n) is 15.4. The van der Waals surface area contributed by atoms with E-state index in [2.05, 4.69) is 61.1 Å². The fraction of sp³-hybridized carbons (Fsp3) is 0.789. The molecule has 0 bridgehead atoms. The van der Waals surface area contributed by atoms with E-state index in [9.17, 15) is 53.5 Å². The molecule has 1 saturated carbocycles. The number of carbonyl (C=O) groups is 10. The van der Waals surface area contributed by atoms with Crippen LogP contribution in [-0.2, 0) is 59.0 Å². The van der Waals surface area contributed by atoms with E-state index in [4.69, 9.17) is 15.2 Å². The number of amides is 11. The largest absolute Gasteiger partial charge is 0.379 e. The van der Waals surface area contributed by atoms with Gasteiger partial charge in [0.15, 0.2) is 0 Å². The fourth-order valence-corrected chi connectivity index (χ4v) is 15.4. The van der Waals surface area contributed by atoms with Crippen molar-refractivity contribution < 1.29 is 57.4 Å². The third-order valence-electron chi connectivity index (χ3n) is 21.7. The van der Waals surface area contributed by atoms with Gasteiger partial charge in [0.1, 0.15) is 18.1 Å². The lowest BCUT2D eigenvalue weighted by atomic mass is 9.75. The molecule has 1 aromatic carbocycles. The van der Waals surface area contributed by atoms with Crippen molar-refractivity contribution in [1.29, 1.82) is 0 Å². The number of likely N-dealkylation sites (tertiary alicyclic amines) is 2. The topological polar surface area (TPSA) is 361 Å². The third kappa shape index (κ3) is 27.7. The molecular weight excluding hydrogens is 1310 g/mol. The van der Waals surface area contributed by atoms with Crippen molar-refractivity contribution in [2.75, 3.05) is 73.4 Å². The second-order valence-electron chi connectivity index (χ2n) is 30.8. The molecule has 103 heavy (non-hydrogen) atoms. The number of hydrogen-bond acceptors (Lipinski definition) is 14. The zero-order chi connectivity index (χ0) is 76.7. The number of nitrogens with one attached hydrogen (secondary N) is 7. The summed E-state index contributed by atoms with van der Waals surface area (Å²) in [6, 6.07) is 0.813. The van der Waals surface area contributed by atoms with Crippen LogP contribution in [0.25, 0.3) is 10.4 Å². The molecule has 11 amide bonds. The summed E-state index contributed by atoms with van der Waals surface area (Å²) in [5.41, 5.74) is 15.5. The molecule has 582 valence electrons. The Morgan fingerprint density at radius 1 is 0.709 bits per heavy atom.